The number of likely N-dealkylation sites (N-methyl/N-ethyl adjacent to an activating group) is 1. The number of hydrogen-bond acceptors (Lipinski definition) is 10. The Kier molecular flexibility index (Phi) is 12.8. The van der Waals surface area contributed by atoms with Crippen LogP contribution in [0.5, 0.6) is 5.75 Å². The number of ether oxygens (including phenoxy) is 3. The maximum atomic E-state index is 14.6. The van der Waals surface area contributed by atoms with Gasteiger partial charge in [-0.3, -0.25) is 24.4 Å². The Hall–Kier alpha value is -5.51. The topological polar surface area (TPSA) is 179 Å². The van der Waals surface area contributed by atoms with E-state index in [2.05, 4.69) is 40.6 Å². The fourth-order valence-corrected chi connectivity index (χ4v) is 8.64. The highest BCUT2D eigenvalue weighted by Crippen LogP contribution is 2.39. The number of amides is 4. The molecule has 4 N–H and O–H groups in total. The van der Waals surface area contributed by atoms with Crippen LogP contribution in [0.15, 0.2) is 54.9 Å². The Morgan fingerprint density at radius 2 is 1.87 bits per heavy atom. The number of rotatable bonds is 7. The Labute approximate surface area is 350 Å². The molecule has 0 spiro atoms. The molecule has 0 saturated carbocycles. The largest absolute Gasteiger partial charge is 0.508 e. The van der Waals surface area contributed by atoms with E-state index in [-0.39, 0.29) is 30.7 Å². The number of aromatic hydroxyl groups is 1. The van der Waals surface area contributed by atoms with Crippen molar-refractivity contribution in [1.82, 2.24) is 35.5 Å². The van der Waals surface area contributed by atoms with Crippen LogP contribution in [0.2, 0.25) is 0 Å². The minimum absolute atomic E-state index is 0.0000123. The van der Waals surface area contributed by atoms with Crippen LogP contribution in [-0.2, 0) is 48.0 Å². The third-order valence-electron chi connectivity index (χ3n) is 11.6. The molecule has 2 saturated heterocycles. The molecule has 3 aliphatic rings. The van der Waals surface area contributed by atoms with Crippen molar-refractivity contribution in [3.8, 4) is 28.1 Å². The fourth-order valence-electron chi connectivity index (χ4n) is 8.64. The number of phenols is 1. The van der Waals surface area contributed by atoms with Gasteiger partial charge in [0.15, 0.2) is 0 Å². The first-order chi connectivity index (χ1) is 28.7. The monoisotopic (exact) mass is 823 g/mol. The van der Waals surface area contributed by atoms with E-state index in [1.54, 1.807) is 37.4 Å². The number of nitrogens with one attached hydrogen (secondary N) is 3. The number of urea groups is 1. The van der Waals surface area contributed by atoms with E-state index in [1.807, 2.05) is 44.3 Å². The summed E-state index contributed by atoms with van der Waals surface area (Å²) >= 11 is 0. The van der Waals surface area contributed by atoms with E-state index < -0.39 is 41.3 Å². The number of H-pyrrole nitrogens is 1. The summed E-state index contributed by atoms with van der Waals surface area (Å²) in [5.74, 6) is -1.71. The third-order valence-corrected chi connectivity index (χ3v) is 11.6. The summed E-state index contributed by atoms with van der Waals surface area (Å²) in [6, 6.07) is 10.1. The maximum Gasteiger partial charge on any atom is 0.324 e. The molecule has 2 fully saturated rings. The summed E-state index contributed by atoms with van der Waals surface area (Å²) in [6.07, 6.45) is 5.12. The lowest BCUT2D eigenvalue weighted by Gasteiger charge is -2.38. The number of morpholine rings is 1. The molecule has 0 radical (unpaired) electrons. The van der Waals surface area contributed by atoms with Gasteiger partial charge in [0.2, 0.25) is 5.91 Å². The molecule has 4 aromatic rings. The molecule has 15 nitrogen and oxygen atoms in total. The van der Waals surface area contributed by atoms with Gasteiger partial charge in [0.1, 0.15) is 23.9 Å². The summed E-state index contributed by atoms with van der Waals surface area (Å²) in [7, 11) is 3.26. The zero-order chi connectivity index (χ0) is 42.7. The van der Waals surface area contributed by atoms with Crippen LogP contribution in [0, 0.1) is 11.3 Å². The maximum absolute atomic E-state index is 14.6. The molecule has 6 bridgehead atoms. The fraction of sp³-hybridized carbons (Fsp3) is 0.489. The van der Waals surface area contributed by atoms with Crippen LogP contribution >= 0.6 is 0 Å². The quantitative estimate of drug-likeness (QED) is 0.189. The average Bonchev–Trinajstić information content (AvgIpc) is 3.58. The average molecular weight is 824 g/mol. The number of carbonyl (C=O) groups is 4. The first-order valence-corrected chi connectivity index (χ1v) is 20.8. The number of carbonyl (C=O) groups excluding carboxylic acids is 4. The summed E-state index contributed by atoms with van der Waals surface area (Å²) < 4.78 is 17.0. The van der Waals surface area contributed by atoms with Gasteiger partial charge in [0.05, 0.1) is 32.1 Å². The Morgan fingerprint density at radius 3 is 2.62 bits per heavy atom. The SMILES string of the molecule is COCc1ccncc1-c1[nH]c2ccc3cc2c1CC(C)(C)COC(=O)[C@@H]1CCCN(N1)C(=O)[C@@H](NC(=O)[C@H](C(C)C)N(C)C(=O)N1CCOCC1)Cc1cc(O)cc-3c1. The van der Waals surface area contributed by atoms with E-state index in [9.17, 15) is 24.3 Å². The molecule has 3 aliphatic heterocycles. The van der Waals surface area contributed by atoms with E-state index in [1.165, 1.54) is 9.91 Å². The number of phenolic OH excluding ortho intramolecular Hbond substituents is 1. The van der Waals surface area contributed by atoms with Crippen LogP contribution in [0.3, 0.4) is 0 Å². The number of fused-ring (bicyclic) bond motifs is 6. The second kappa shape index (κ2) is 18.0. The number of methoxy groups -OCH3 is 1. The number of aromatic amines is 1. The number of aromatic nitrogens is 2. The predicted molar refractivity (Wildman–Crippen MR) is 225 cm³/mol. The van der Waals surface area contributed by atoms with Crippen molar-refractivity contribution in [1.29, 1.82) is 0 Å². The molecule has 5 heterocycles. The number of nitrogens with zero attached hydrogens (tertiary/aromatic N) is 4. The van der Waals surface area contributed by atoms with Crippen molar-refractivity contribution in [2.75, 3.05) is 53.6 Å². The van der Waals surface area contributed by atoms with Gasteiger partial charge in [-0.25, -0.2) is 10.2 Å². The Morgan fingerprint density at radius 1 is 1.08 bits per heavy atom. The molecule has 0 unspecified atom stereocenters. The van der Waals surface area contributed by atoms with Gasteiger partial charge in [-0.1, -0.05) is 39.8 Å². The number of benzene rings is 2. The highest BCUT2D eigenvalue weighted by molar-refractivity contribution is 5.95. The van der Waals surface area contributed by atoms with Crippen molar-refractivity contribution in [2.45, 2.75) is 78.1 Å². The van der Waals surface area contributed by atoms with E-state index in [0.29, 0.717) is 64.3 Å². The van der Waals surface area contributed by atoms with Crippen LogP contribution in [0.4, 0.5) is 4.79 Å². The van der Waals surface area contributed by atoms with Gasteiger partial charge in [-0.15, -0.1) is 0 Å². The van der Waals surface area contributed by atoms with Gasteiger partial charge < -0.3 is 39.4 Å². The highest BCUT2D eigenvalue weighted by Gasteiger charge is 2.38. The Balaban J connectivity index is 1.30. The van der Waals surface area contributed by atoms with Gasteiger partial charge >= 0.3 is 12.0 Å². The molecule has 7 rings (SSSR count). The smallest absolute Gasteiger partial charge is 0.324 e. The van der Waals surface area contributed by atoms with E-state index in [0.717, 1.165) is 44.4 Å². The molecule has 4 amide bonds. The molecule has 320 valence electrons. The number of esters is 1. The van der Waals surface area contributed by atoms with Crippen LogP contribution in [0.25, 0.3) is 33.3 Å². The molecule has 3 atom stereocenters. The predicted octanol–water partition coefficient (Wildman–Crippen LogP) is 4.81. The number of hydrazine groups is 1. The van der Waals surface area contributed by atoms with Gasteiger partial charge in [0, 0.05) is 74.5 Å². The minimum Gasteiger partial charge on any atom is -0.508 e. The number of cyclic esters (lactones) is 1. The third kappa shape index (κ3) is 9.28. The summed E-state index contributed by atoms with van der Waals surface area (Å²) in [5, 5.41) is 16.5. The van der Waals surface area contributed by atoms with Gasteiger partial charge in [-0.2, -0.15) is 0 Å². The van der Waals surface area contributed by atoms with Crippen molar-refractivity contribution in [3.63, 3.8) is 0 Å². The van der Waals surface area contributed by atoms with Crippen LogP contribution in [-0.4, -0.2) is 125 Å². The highest BCUT2D eigenvalue weighted by atomic mass is 16.5. The standard InChI is InChI=1S/C45H57N7O8/c1-27(2)40(50(5)44(57)51-14-16-59-17-15-51)41(54)48-38-20-28-18-31(21-32(53)19-28)29-9-10-36-33(22-29)34(39(47-36)35-24-46-12-11-30(35)25-58-6)23-45(3,4)26-60-43(56)37-8-7-13-52(49-37)42(38)55/h9-12,18-19,21-22,24,27,37-38,40,47,49,53H,7-8,13-17,20,23,25-26H2,1-6H3,(H,48,54)/t37-,38-,40-/m0/s1. The van der Waals surface area contributed by atoms with Crippen LogP contribution < -0.4 is 10.7 Å². The molecule has 0 aliphatic carbocycles. The van der Waals surface area contributed by atoms with Crippen molar-refractivity contribution >= 4 is 34.7 Å². The lowest BCUT2D eigenvalue weighted by molar-refractivity contribution is -0.155. The van der Waals surface area contributed by atoms with Crippen molar-refractivity contribution < 1.29 is 38.5 Å². The summed E-state index contributed by atoms with van der Waals surface area (Å²) in [6.45, 7) is 10.3. The molecule has 60 heavy (non-hydrogen) atoms. The van der Waals surface area contributed by atoms with Gasteiger partial charge in [0.25, 0.3) is 5.91 Å². The van der Waals surface area contributed by atoms with Gasteiger partial charge in [-0.05, 0) is 83.3 Å². The second-order valence-corrected chi connectivity index (χ2v) is 17.3. The first-order valence-electron chi connectivity index (χ1n) is 20.8. The first kappa shape index (κ1) is 42.6. The summed E-state index contributed by atoms with van der Waals surface area (Å²) in [4.78, 5) is 67.4. The number of pyridine rings is 1. The zero-order valence-electron chi connectivity index (χ0n) is 35.4. The van der Waals surface area contributed by atoms with Crippen molar-refractivity contribution in [3.05, 3.63) is 71.5 Å². The van der Waals surface area contributed by atoms with E-state index >= 15 is 0 Å². The molecule has 2 aromatic carbocycles. The zero-order valence-corrected chi connectivity index (χ0v) is 35.4. The molecular formula is C45H57N7O8. The Bertz CT molecular complexity index is 2230. The van der Waals surface area contributed by atoms with Crippen LogP contribution in [0.1, 0.15) is 57.2 Å². The lowest BCUT2D eigenvalue weighted by atomic mass is 9.84. The second-order valence-electron chi connectivity index (χ2n) is 17.3. The normalized spacial score (nSPS) is 20.4. The minimum atomic E-state index is -1.12. The lowest BCUT2D eigenvalue weighted by Crippen LogP contribution is -2.62. The molecule has 15 heteroatoms. The molecule has 2 aromatic heterocycles. The molecular weight excluding hydrogens is 767 g/mol. The van der Waals surface area contributed by atoms with E-state index in [4.69, 9.17) is 14.2 Å². The summed E-state index contributed by atoms with van der Waals surface area (Å²) in [5.41, 5.74) is 9.43. The number of hydrogen-bond donors (Lipinski definition) is 4. The van der Waals surface area contributed by atoms with Crippen molar-refractivity contribution in [2.24, 2.45) is 11.3 Å².